The van der Waals surface area contributed by atoms with Crippen molar-refractivity contribution in [3.8, 4) is 0 Å². The second-order valence-electron chi connectivity index (χ2n) is 6.54. The predicted molar refractivity (Wildman–Crippen MR) is 83.4 cm³/mol. The quantitative estimate of drug-likeness (QED) is 0.928. The van der Waals surface area contributed by atoms with E-state index in [-0.39, 0.29) is 5.82 Å². The summed E-state index contributed by atoms with van der Waals surface area (Å²) in [4.78, 5) is 5.19. The molecule has 2 N–H and O–H groups in total. The largest absolute Gasteiger partial charge is 0.326 e. The summed E-state index contributed by atoms with van der Waals surface area (Å²) in [7, 11) is 0. The molecule has 1 aromatic rings. The summed E-state index contributed by atoms with van der Waals surface area (Å²) in [6.07, 6.45) is 4.02. The predicted octanol–water partition coefficient (Wildman–Crippen LogP) is 2.34. The molecule has 0 saturated carbocycles. The molecule has 0 aliphatic carbocycles. The molecule has 3 nitrogen and oxygen atoms in total. The molecule has 116 valence electrons. The van der Waals surface area contributed by atoms with Crippen molar-refractivity contribution in [2.24, 2.45) is 5.73 Å². The Balaban J connectivity index is 1.72. The fourth-order valence-electron chi connectivity index (χ4n) is 3.79. The van der Waals surface area contributed by atoms with Crippen LogP contribution >= 0.6 is 0 Å². The smallest absolute Gasteiger partial charge is 0.123 e. The lowest BCUT2D eigenvalue weighted by atomic mass is 9.96. The van der Waals surface area contributed by atoms with E-state index < -0.39 is 0 Å². The summed E-state index contributed by atoms with van der Waals surface area (Å²) < 4.78 is 13.3. The van der Waals surface area contributed by atoms with Gasteiger partial charge in [0.25, 0.3) is 0 Å². The van der Waals surface area contributed by atoms with E-state index in [9.17, 15) is 4.39 Å². The summed E-state index contributed by atoms with van der Waals surface area (Å²) in [5, 5.41) is 0. The van der Waals surface area contributed by atoms with Crippen LogP contribution in [0.25, 0.3) is 0 Å². The third-order valence-electron chi connectivity index (χ3n) is 5.08. The number of rotatable bonds is 3. The average Bonchev–Trinajstić information content (AvgIpc) is 2.49. The molecule has 2 aliphatic rings. The molecule has 2 unspecified atom stereocenters. The van der Waals surface area contributed by atoms with Crippen molar-refractivity contribution in [1.82, 2.24) is 9.80 Å². The van der Waals surface area contributed by atoms with Crippen LogP contribution in [0.2, 0.25) is 0 Å². The average molecular weight is 291 g/mol. The Hall–Kier alpha value is -0.970. The maximum Gasteiger partial charge on any atom is 0.123 e. The van der Waals surface area contributed by atoms with Gasteiger partial charge in [-0.05, 0) is 49.6 Å². The van der Waals surface area contributed by atoms with Crippen LogP contribution in [-0.4, -0.2) is 41.5 Å². The van der Waals surface area contributed by atoms with Crippen LogP contribution in [0.3, 0.4) is 0 Å². The highest BCUT2D eigenvalue weighted by Crippen LogP contribution is 2.25. The standard InChI is InChI=1S/C17H26FN3/c1-13-10-20-7-3-2-4-17(20)12-21(13)11-14-5-6-16(18)8-15(14)9-19/h5-6,8,13,17H,2-4,7,9-12,19H2,1H3. The second kappa shape index (κ2) is 6.42. The summed E-state index contributed by atoms with van der Waals surface area (Å²) in [5.74, 6) is -0.190. The minimum atomic E-state index is -0.190. The number of benzene rings is 1. The van der Waals surface area contributed by atoms with Gasteiger partial charge in [-0.3, -0.25) is 9.80 Å². The minimum Gasteiger partial charge on any atom is -0.326 e. The summed E-state index contributed by atoms with van der Waals surface area (Å²) in [5.41, 5.74) is 7.89. The number of hydrogen-bond donors (Lipinski definition) is 1. The van der Waals surface area contributed by atoms with Gasteiger partial charge in [-0.15, -0.1) is 0 Å². The van der Waals surface area contributed by atoms with Gasteiger partial charge in [0.05, 0.1) is 0 Å². The number of nitrogens with two attached hydrogens (primary N) is 1. The van der Waals surface area contributed by atoms with Crippen LogP contribution in [0, 0.1) is 5.82 Å². The molecule has 2 aliphatic heterocycles. The van der Waals surface area contributed by atoms with Crippen molar-refractivity contribution in [1.29, 1.82) is 0 Å². The van der Waals surface area contributed by atoms with Crippen LogP contribution in [0.5, 0.6) is 0 Å². The first-order valence-corrected chi connectivity index (χ1v) is 8.13. The molecule has 2 saturated heterocycles. The fraction of sp³-hybridized carbons (Fsp3) is 0.647. The SMILES string of the molecule is CC1CN2CCCCC2CN1Cc1ccc(F)cc1CN. The molecular formula is C17H26FN3. The first kappa shape index (κ1) is 14.9. The molecular weight excluding hydrogens is 265 g/mol. The number of halogens is 1. The normalized spacial score (nSPS) is 27.6. The maximum atomic E-state index is 13.3. The summed E-state index contributed by atoms with van der Waals surface area (Å²) in [6, 6.07) is 6.29. The molecule has 0 amide bonds. The molecule has 4 heteroatoms. The number of piperidine rings is 1. The zero-order valence-electron chi connectivity index (χ0n) is 12.9. The van der Waals surface area contributed by atoms with Gasteiger partial charge in [0.15, 0.2) is 0 Å². The molecule has 2 atom stereocenters. The first-order valence-electron chi connectivity index (χ1n) is 8.13. The van der Waals surface area contributed by atoms with Gasteiger partial charge in [0, 0.05) is 38.3 Å². The third kappa shape index (κ3) is 3.28. The Morgan fingerprint density at radius 2 is 2.10 bits per heavy atom. The van der Waals surface area contributed by atoms with Crippen molar-refractivity contribution in [3.05, 3.63) is 35.1 Å². The van der Waals surface area contributed by atoms with E-state index in [0.29, 0.717) is 18.6 Å². The summed E-state index contributed by atoms with van der Waals surface area (Å²) in [6.45, 7) is 7.14. The van der Waals surface area contributed by atoms with Crippen molar-refractivity contribution < 1.29 is 4.39 Å². The molecule has 0 aromatic heterocycles. The second-order valence-corrected chi connectivity index (χ2v) is 6.54. The monoisotopic (exact) mass is 291 g/mol. The van der Waals surface area contributed by atoms with Crippen LogP contribution in [0.4, 0.5) is 4.39 Å². The van der Waals surface area contributed by atoms with Gasteiger partial charge in [-0.2, -0.15) is 0 Å². The number of nitrogens with zero attached hydrogens (tertiary/aromatic N) is 2. The molecule has 0 bridgehead atoms. The van der Waals surface area contributed by atoms with Gasteiger partial charge in [0.2, 0.25) is 0 Å². The Bertz CT molecular complexity index is 491. The van der Waals surface area contributed by atoms with Crippen LogP contribution in [0.1, 0.15) is 37.3 Å². The highest BCUT2D eigenvalue weighted by atomic mass is 19.1. The molecule has 3 rings (SSSR count). The highest BCUT2D eigenvalue weighted by Gasteiger charge is 2.32. The topological polar surface area (TPSA) is 32.5 Å². The molecule has 0 radical (unpaired) electrons. The van der Waals surface area contributed by atoms with E-state index in [1.54, 1.807) is 12.1 Å². The Morgan fingerprint density at radius 1 is 1.24 bits per heavy atom. The van der Waals surface area contributed by atoms with E-state index in [2.05, 4.69) is 16.7 Å². The van der Waals surface area contributed by atoms with Gasteiger partial charge < -0.3 is 5.73 Å². The van der Waals surface area contributed by atoms with Gasteiger partial charge in [0.1, 0.15) is 5.82 Å². The molecule has 2 fully saturated rings. The molecule has 1 aromatic carbocycles. The molecule has 0 spiro atoms. The number of piperazine rings is 1. The molecule has 21 heavy (non-hydrogen) atoms. The lowest BCUT2D eigenvalue weighted by Gasteiger charge is -2.47. The number of hydrogen-bond acceptors (Lipinski definition) is 3. The lowest BCUT2D eigenvalue weighted by molar-refractivity contribution is 0.0109. The van der Waals surface area contributed by atoms with Gasteiger partial charge in [-0.25, -0.2) is 4.39 Å². The van der Waals surface area contributed by atoms with Crippen molar-refractivity contribution in [3.63, 3.8) is 0 Å². The minimum absolute atomic E-state index is 0.190. The van der Waals surface area contributed by atoms with E-state index in [4.69, 9.17) is 5.73 Å². The zero-order valence-corrected chi connectivity index (χ0v) is 12.9. The zero-order chi connectivity index (χ0) is 14.8. The van der Waals surface area contributed by atoms with Gasteiger partial charge >= 0.3 is 0 Å². The maximum absolute atomic E-state index is 13.3. The first-order chi connectivity index (χ1) is 10.2. The third-order valence-corrected chi connectivity index (χ3v) is 5.08. The Kier molecular flexibility index (Phi) is 4.57. The van der Waals surface area contributed by atoms with Crippen molar-refractivity contribution >= 4 is 0 Å². The van der Waals surface area contributed by atoms with Crippen LogP contribution in [0.15, 0.2) is 18.2 Å². The highest BCUT2D eigenvalue weighted by molar-refractivity contribution is 5.28. The van der Waals surface area contributed by atoms with Crippen LogP contribution < -0.4 is 5.73 Å². The lowest BCUT2D eigenvalue weighted by Crippen LogP contribution is -2.58. The Morgan fingerprint density at radius 3 is 2.90 bits per heavy atom. The molecule has 2 heterocycles. The van der Waals surface area contributed by atoms with Crippen LogP contribution in [-0.2, 0) is 13.1 Å². The Labute approximate surface area is 126 Å². The van der Waals surface area contributed by atoms with E-state index in [0.717, 1.165) is 25.2 Å². The van der Waals surface area contributed by atoms with E-state index >= 15 is 0 Å². The summed E-state index contributed by atoms with van der Waals surface area (Å²) >= 11 is 0. The van der Waals surface area contributed by atoms with Crippen molar-refractivity contribution in [2.45, 2.75) is 51.4 Å². The van der Waals surface area contributed by atoms with Crippen molar-refractivity contribution in [2.75, 3.05) is 19.6 Å². The van der Waals surface area contributed by atoms with Gasteiger partial charge in [-0.1, -0.05) is 12.5 Å². The van der Waals surface area contributed by atoms with E-state index in [1.807, 2.05) is 6.07 Å². The van der Waals surface area contributed by atoms with E-state index in [1.165, 1.54) is 31.4 Å². The fourth-order valence-corrected chi connectivity index (χ4v) is 3.79. The number of fused-ring (bicyclic) bond motifs is 1.